The topological polar surface area (TPSA) is 49.4 Å². The molecule has 2 amide bonds. The number of benzene rings is 2. The van der Waals surface area contributed by atoms with E-state index < -0.39 is 6.04 Å². The maximum atomic E-state index is 13.2. The highest BCUT2D eigenvalue weighted by Gasteiger charge is 2.27. The van der Waals surface area contributed by atoms with Crippen molar-refractivity contribution >= 4 is 35.0 Å². The molecule has 0 aliphatic rings. The van der Waals surface area contributed by atoms with Crippen LogP contribution in [0.15, 0.2) is 42.5 Å². The van der Waals surface area contributed by atoms with E-state index in [0.717, 1.165) is 23.1 Å². The molecule has 0 fully saturated rings. The van der Waals surface area contributed by atoms with Gasteiger partial charge in [-0.2, -0.15) is 0 Å². The summed E-state index contributed by atoms with van der Waals surface area (Å²) in [5.74, 6) is -0.312. The summed E-state index contributed by atoms with van der Waals surface area (Å²) >= 11 is 12.3. The van der Waals surface area contributed by atoms with Crippen LogP contribution >= 0.6 is 23.2 Å². The molecule has 0 radical (unpaired) electrons. The molecule has 0 aliphatic carbocycles. The van der Waals surface area contributed by atoms with Crippen molar-refractivity contribution in [3.63, 3.8) is 0 Å². The average molecular weight is 435 g/mol. The minimum atomic E-state index is -0.631. The molecular weight excluding hydrogens is 407 g/mol. The van der Waals surface area contributed by atoms with Gasteiger partial charge in [-0.1, -0.05) is 66.0 Å². The number of nitrogens with one attached hydrogen (secondary N) is 1. The molecule has 0 aliphatic heterocycles. The molecule has 2 unspecified atom stereocenters. The third-order valence-corrected chi connectivity index (χ3v) is 5.59. The Morgan fingerprint density at radius 1 is 1.07 bits per heavy atom. The van der Waals surface area contributed by atoms with E-state index >= 15 is 0 Å². The number of hydrogen-bond acceptors (Lipinski definition) is 2. The molecule has 6 heteroatoms. The lowest BCUT2D eigenvalue weighted by molar-refractivity contribution is -0.140. The van der Waals surface area contributed by atoms with E-state index in [1.807, 2.05) is 45.0 Å². The fourth-order valence-corrected chi connectivity index (χ4v) is 3.33. The van der Waals surface area contributed by atoms with Gasteiger partial charge in [0.15, 0.2) is 0 Å². The van der Waals surface area contributed by atoms with Crippen LogP contribution in [0.5, 0.6) is 0 Å². The molecule has 2 rings (SSSR count). The lowest BCUT2D eigenvalue weighted by Gasteiger charge is -2.30. The van der Waals surface area contributed by atoms with Gasteiger partial charge in [0.1, 0.15) is 6.04 Å². The van der Waals surface area contributed by atoms with Crippen molar-refractivity contribution in [2.45, 2.75) is 59.2 Å². The molecule has 2 aromatic rings. The maximum absolute atomic E-state index is 13.2. The Morgan fingerprint density at radius 2 is 1.72 bits per heavy atom. The third-order valence-electron chi connectivity index (χ3n) is 5.00. The van der Waals surface area contributed by atoms with Crippen LogP contribution in [0.2, 0.25) is 10.0 Å². The van der Waals surface area contributed by atoms with Gasteiger partial charge < -0.3 is 10.2 Å². The van der Waals surface area contributed by atoms with Crippen LogP contribution in [0.3, 0.4) is 0 Å². The molecular formula is C23H28Cl2N2O2. The van der Waals surface area contributed by atoms with Crippen LogP contribution in [-0.2, 0) is 22.6 Å². The predicted molar refractivity (Wildman–Crippen MR) is 119 cm³/mol. The maximum Gasteiger partial charge on any atom is 0.242 e. The Morgan fingerprint density at radius 3 is 2.31 bits per heavy atom. The number of rotatable bonds is 8. The number of hydrogen-bond donors (Lipinski definition) is 1. The van der Waals surface area contributed by atoms with Crippen molar-refractivity contribution in [3.05, 3.63) is 69.2 Å². The van der Waals surface area contributed by atoms with Crippen LogP contribution in [0.4, 0.5) is 0 Å². The van der Waals surface area contributed by atoms with Gasteiger partial charge >= 0.3 is 0 Å². The van der Waals surface area contributed by atoms with Crippen LogP contribution < -0.4 is 5.32 Å². The number of carbonyl (C=O) groups excluding carboxylic acids is 2. The van der Waals surface area contributed by atoms with E-state index in [0.29, 0.717) is 10.0 Å². The second kappa shape index (κ2) is 10.7. The van der Waals surface area contributed by atoms with Crippen molar-refractivity contribution in [2.24, 2.45) is 0 Å². The number of nitrogens with zero attached hydrogens (tertiary/aromatic N) is 1. The summed E-state index contributed by atoms with van der Waals surface area (Å²) in [6.07, 6.45) is 1.03. The van der Waals surface area contributed by atoms with Crippen molar-refractivity contribution in [1.82, 2.24) is 10.2 Å². The molecule has 1 N–H and O–H groups in total. The van der Waals surface area contributed by atoms with Crippen LogP contribution in [0, 0.1) is 6.92 Å². The molecule has 0 spiro atoms. The number of aryl methyl sites for hydroxylation is 1. The van der Waals surface area contributed by atoms with Gasteiger partial charge in [-0.25, -0.2) is 0 Å². The zero-order valence-corrected chi connectivity index (χ0v) is 18.8. The molecule has 0 bridgehead atoms. The van der Waals surface area contributed by atoms with Crippen molar-refractivity contribution in [1.29, 1.82) is 0 Å². The fourth-order valence-electron chi connectivity index (χ4n) is 2.86. The minimum absolute atomic E-state index is 0.0399. The van der Waals surface area contributed by atoms with Gasteiger partial charge in [0.05, 0.1) is 6.42 Å². The SMILES string of the molecule is CCC(C)NC(=O)C(C)N(Cc1ccc(Cl)cc1Cl)C(=O)Cc1ccc(C)cc1. The molecule has 0 saturated heterocycles. The summed E-state index contributed by atoms with van der Waals surface area (Å²) in [6, 6.07) is 12.4. The summed E-state index contributed by atoms with van der Waals surface area (Å²) in [5, 5.41) is 3.96. The van der Waals surface area contributed by atoms with Crippen molar-refractivity contribution in [3.8, 4) is 0 Å². The summed E-state index contributed by atoms with van der Waals surface area (Å²) in [6.45, 7) is 7.93. The minimum Gasteiger partial charge on any atom is -0.352 e. The summed E-state index contributed by atoms with van der Waals surface area (Å²) in [5.41, 5.74) is 2.78. The number of carbonyl (C=O) groups is 2. The number of halogens is 2. The van der Waals surface area contributed by atoms with Gasteiger partial charge in [0.2, 0.25) is 11.8 Å². The Balaban J connectivity index is 2.26. The van der Waals surface area contributed by atoms with E-state index in [-0.39, 0.29) is 30.8 Å². The monoisotopic (exact) mass is 434 g/mol. The molecule has 29 heavy (non-hydrogen) atoms. The standard InChI is InChI=1S/C23H28Cl2N2O2/c1-5-16(3)26-23(29)17(4)27(14-19-10-11-20(24)13-21(19)25)22(28)12-18-8-6-15(2)7-9-18/h6-11,13,16-17H,5,12,14H2,1-4H3,(H,26,29). The highest BCUT2D eigenvalue weighted by Crippen LogP contribution is 2.23. The third kappa shape index (κ3) is 6.76. The second-order valence-electron chi connectivity index (χ2n) is 7.41. The van der Waals surface area contributed by atoms with E-state index in [1.165, 1.54) is 0 Å². The van der Waals surface area contributed by atoms with Gasteiger partial charge in [-0.15, -0.1) is 0 Å². The van der Waals surface area contributed by atoms with Crippen molar-refractivity contribution < 1.29 is 9.59 Å². The van der Waals surface area contributed by atoms with E-state index in [4.69, 9.17) is 23.2 Å². The van der Waals surface area contributed by atoms with Gasteiger partial charge in [-0.05, 0) is 50.5 Å². The molecule has 0 saturated carbocycles. The predicted octanol–water partition coefficient (Wildman–Crippen LogP) is 5.18. The molecule has 156 valence electrons. The zero-order chi connectivity index (χ0) is 21.6. The quantitative estimate of drug-likeness (QED) is 0.622. The molecule has 4 nitrogen and oxygen atoms in total. The van der Waals surface area contributed by atoms with Gasteiger partial charge in [0, 0.05) is 22.6 Å². The zero-order valence-electron chi connectivity index (χ0n) is 17.3. The largest absolute Gasteiger partial charge is 0.352 e. The number of amides is 2. The first-order chi connectivity index (χ1) is 13.7. The first-order valence-corrected chi connectivity index (χ1v) is 10.6. The first kappa shape index (κ1) is 23.2. The Kier molecular flexibility index (Phi) is 8.54. The summed E-state index contributed by atoms with van der Waals surface area (Å²) < 4.78 is 0. The summed E-state index contributed by atoms with van der Waals surface area (Å²) in [4.78, 5) is 27.5. The van der Waals surface area contributed by atoms with E-state index in [1.54, 1.807) is 30.0 Å². The second-order valence-corrected chi connectivity index (χ2v) is 8.26. The Bertz CT molecular complexity index is 852. The van der Waals surface area contributed by atoms with E-state index in [9.17, 15) is 9.59 Å². The van der Waals surface area contributed by atoms with Crippen LogP contribution in [0.1, 0.15) is 43.9 Å². The molecule has 0 aromatic heterocycles. The fraction of sp³-hybridized carbons (Fsp3) is 0.391. The van der Waals surface area contributed by atoms with Gasteiger partial charge in [-0.3, -0.25) is 9.59 Å². The summed E-state index contributed by atoms with van der Waals surface area (Å²) in [7, 11) is 0. The van der Waals surface area contributed by atoms with E-state index in [2.05, 4.69) is 5.32 Å². The molecule has 2 aromatic carbocycles. The first-order valence-electron chi connectivity index (χ1n) is 9.80. The van der Waals surface area contributed by atoms with Gasteiger partial charge in [0.25, 0.3) is 0 Å². The highest BCUT2D eigenvalue weighted by atomic mass is 35.5. The smallest absolute Gasteiger partial charge is 0.242 e. The lowest BCUT2D eigenvalue weighted by Crippen LogP contribution is -2.49. The molecule has 0 heterocycles. The lowest BCUT2D eigenvalue weighted by atomic mass is 10.1. The Labute approximate surface area is 183 Å². The van der Waals surface area contributed by atoms with Crippen molar-refractivity contribution in [2.75, 3.05) is 0 Å². The molecule has 2 atom stereocenters. The van der Waals surface area contributed by atoms with Crippen LogP contribution in [-0.4, -0.2) is 28.8 Å². The normalized spacial score (nSPS) is 12.9. The Hall–Kier alpha value is -2.04. The average Bonchev–Trinajstić information content (AvgIpc) is 2.68. The van der Waals surface area contributed by atoms with Crippen LogP contribution in [0.25, 0.3) is 0 Å². The highest BCUT2D eigenvalue weighted by molar-refractivity contribution is 6.35.